The van der Waals surface area contributed by atoms with E-state index in [2.05, 4.69) is 26.1 Å². The fraction of sp³-hybridized carbons (Fsp3) is 0.917. The van der Waals surface area contributed by atoms with Crippen LogP contribution in [-0.2, 0) is 4.79 Å². The summed E-state index contributed by atoms with van der Waals surface area (Å²) < 4.78 is 0. The van der Waals surface area contributed by atoms with Crippen LogP contribution in [0.25, 0.3) is 0 Å². The molecule has 0 saturated carbocycles. The summed E-state index contributed by atoms with van der Waals surface area (Å²) in [5.74, 6) is -0.110. The Morgan fingerprint density at radius 2 is 1.80 bits per heavy atom. The van der Waals surface area contributed by atoms with Crippen LogP contribution < -0.4 is 5.32 Å². The average Bonchev–Trinajstić information content (AvgIpc) is 2.16. The first-order valence-corrected chi connectivity index (χ1v) is 5.81. The zero-order chi connectivity index (χ0) is 12.1. The highest BCUT2D eigenvalue weighted by Gasteiger charge is 2.27. The molecule has 0 aromatic heterocycles. The van der Waals surface area contributed by atoms with E-state index < -0.39 is 11.4 Å². The van der Waals surface area contributed by atoms with Gasteiger partial charge in [0.25, 0.3) is 0 Å². The summed E-state index contributed by atoms with van der Waals surface area (Å²) in [6.07, 6.45) is 2.27. The molecule has 0 aliphatic rings. The van der Waals surface area contributed by atoms with E-state index in [1.54, 1.807) is 13.8 Å². The highest BCUT2D eigenvalue weighted by atomic mass is 16.4. The van der Waals surface area contributed by atoms with E-state index in [0.29, 0.717) is 18.5 Å². The van der Waals surface area contributed by atoms with E-state index in [9.17, 15) is 4.79 Å². The van der Waals surface area contributed by atoms with Crippen molar-refractivity contribution in [3.05, 3.63) is 0 Å². The lowest BCUT2D eigenvalue weighted by Crippen LogP contribution is -2.42. The van der Waals surface area contributed by atoms with E-state index in [-0.39, 0.29) is 0 Å². The molecule has 0 saturated heterocycles. The molecule has 90 valence electrons. The lowest BCUT2D eigenvalue weighted by Gasteiger charge is -2.27. The fourth-order valence-corrected chi connectivity index (χ4v) is 1.65. The standard InChI is InChI=1S/C12H25NO2/c1-6-10(7-2)9(3)13-8-12(4,5)11(14)15/h9-10,13H,6-8H2,1-5H3,(H,14,15). The van der Waals surface area contributed by atoms with Gasteiger partial charge < -0.3 is 10.4 Å². The van der Waals surface area contributed by atoms with Crippen LogP contribution in [-0.4, -0.2) is 23.7 Å². The van der Waals surface area contributed by atoms with Crippen LogP contribution in [0.3, 0.4) is 0 Å². The van der Waals surface area contributed by atoms with Crippen LogP contribution >= 0.6 is 0 Å². The number of hydrogen-bond donors (Lipinski definition) is 2. The summed E-state index contributed by atoms with van der Waals surface area (Å²) >= 11 is 0. The third-order valence-electron chi connectivity index (χ3n) is 3.20. The van der Waals surface area contributed by atoms with Crippen molar-refractivity contribution < 1.29 is 9.90 Å². The Balaban J connectivity index is 4.09. The monoisotopic (exact) mass is 215 g/mol. The molecular formula is C12H25NO2. The smallest absolute Gasteiger partial charge is 0.310 e. The van der Waals surface area contributed by atoms with Gasteiger partial charge in [0.15, 0.2) is 0 Å². The number of hydrogen-bond acceptors (Lipinski definition) is 2. The van der Waals surface area contributed by atoms with Crippen molar-refractivity contribution in [3.63, 3.8) is 0 Å². The van der Waals surface area contributed by atoms with Gasteiger partial charge in [-0.1, -0.05) is 26.7 Å². The maximum absolute atomic E-state index is 10.9. The topological polar surface area (TPSA) is 49.3 Å². The third kappa shape index (κ3) is 4.65. The van der Waals surface area contributed by atoms with Crippen molar-refractivity contribution in [1.29, 1.82) is 0 Å². The van der Waals surface area contributed by atoms with Crippen LogP contribution in [0.2, 0.25) is 0 Å². The number of carboxylic acid groups (broad SMARTS) is 1. The van der Waals surface area contributed by atoms with Gasteiger partial charge in [-0.2, -0.15) is 0 Å². The summed E-state index contributed by atoms with van der Waals surface area (Å²) in [5.41, 5.74) is -0.680. The van der Waals surface area contributed by atoms with E-state index in [1.807, 2.05) is 0 Å². The average molecular weight is 215 g/mol. The Kier molecular flexibility index (Phi) is 5.88. The fourth-order valence-electron chi connectivity index (χ4n) is 1.65. The van der Waals surface area contributed by atoms with Crippen LogP contribution in [0.4, 0.5) is 0 Å². The van der Waals surface area contributed by atoms with Crippen molar-refractivity contribution in [2.75, 3.05) is 6.54 Å². The molecule has 0 spiro atoms. The molecule has 0 aromatic rings. The Morgan fingerprint density at radius 1 is 1.33 bits per heavy atom. The van der Waals surface area contributed by atoms with Gasteiger partial charge >= 0.3 is 5.97 Å². The van der Waals surface area contributed by atoms with Crippen molar-refractivity contribution in [1.82, 2.24) is 5.32 Å². The van der Waals surface area contributed by atoms with Gasteiger partial charge in [0, 0.05) is 12.6 Å². The van der Waals surface area contributed by atoms with E-state index in [0.717, 1.165) is 12.8 Å². The number of rotatable bonds is 7. The van der Waals surface area contributed by atoms with Crippen LogP contribution in [0.5, 0.6) is 0 Å². The molecule has 0 fully saturated rings. The molecular weight excluding hydrogens is 190 g/mol. The molecule has 0 aliphatic carbocycles. The Hall–Kier alpha value is -0.570. The first-order chi connectivity index (χ1) is 6.85. The van der Waals surface area contributed by atoms with Gasteiger partial charge in [0.2, 0.25) is 0 Å². The summed E-state index contributed by atoms with van der Waals surface area (Å²) in [6.45, 7) is 10.5. The van der Waals surface area contributed by atoms with E-state index in [4.69, 9.17) is 5.11 Å². The second kappa shape index (κ2) is 6.11. The number of carbonyl (C=O) groups is 1. The lowest BCUT2D eigenvalue weighted by atomic mass is 9.91. The van der Waals surface area contributed by atoms with Crippen molar-refractivity contribution in [2.24, 2.45) is 11.3 Å². The minimum atomic E-state index is -0.744. The van der Waals surface area contributed by atoms with Crippen molar-refractivity contribution in [3.8, 4) is 0 Å². The molecule has 0 radical (unpaired) electrons. The molecule has 0 aliphatic heterocycles. The Labute approximate surface area is 93.3 Å². The first-order valence-electron chi connectivity index (χ1n) is 5.81. The Morgan fingerprint density at radius 3 is 2.13 bits per heavy atom. The zero-order valence-electron chi connectivity index (χ0n) is 10.6. The minimum Gasteiger partial charge on any atom is -0.481 e. The second-order valence-corrected chi connectivity index (χ2v) is 4.94. The quantitative estimate of drug-likeness (QED) is 0.686. The molecule has 0 heterocycles. The second-order valence-electron chi connectivity index (χ2n) is 4.94. The molecule has 0 amide bonds. The molecule has 0 aromatic carbocycles. The lowest BCUT2D eigenvalue weighted by molar-refractivity contribution is -0.146. The molecule has 0 bridgehead atoms. The molecule has 1 unspecified atom stereocenters. The summed E-state index contributed by atoms with van der Waals surface area (Å²) in [7, 11) is 0. The molecule has 0 rings (SSSR count). The maximum Gasteiger partial charge on any atom is 0.310 e. The zero-order valence-corrected chi connectivity index (χ0v) is 10.6. The molecule has 3 nitrogen and oxygen atoms in total. The predicted octanol–water partition coefficient (Wildman–Crippen LogP) is 2.51. The molecule has 15 heavy (non-hydrogen) atoms. The molecule has 1 atom stereocenters. The normalized spacial score (nSPS) is 14.3. The van der Waals surface area contributed by atoms with E-state index >= 15 is 0 Å². The van der Waals surface area contributed by atoms with Gasteiger partial charge in [0.1, 0.15) is 0 Å². The SMILES string of the molecule is CCC(CC)C(C)NCC(C)(C)C(=O)O. The number of nitrogens with one attached hydrogen (secondary N) is 1. The molecule has 2 N–H and O–H groups in total. The van der Waals surface area contributed by atoms with Gasteiger partial charge in [-0.05, 0) is 26.7 Å². The largest absolute Gasteiger partial charge is 0.481 e. The summed E-state index contributed by atoms with van der Waals surface area (Å²) in [6, 6.07) is 0.388. The number of aliphatic carboxylic acids is 1. The van der Waals surface area contributed by atoms with Crippen molar-refractivity contribution >= 4 is 5.97 Å². The van der Waals surface area contributed by atoms with Crippen molar-refractivity contribution in [2.45, 2.75) is 53.5 Å². The minimum absolute atomic E-state index is 0.388. The van der Waals surface area contributed by atoms with Gasteiger partial charge in [-0.15, -0.1) is 0 Å². The molecule has 3 heteroatoms. The summed E-state index contributed by atoms with van der Waals surface area (Å²) in [5, 5.41) is 12.3. The van der Waals surface area contributed by atoms with Crippen LogP contribution in [0.1, 0.15) is 47.5 Å². The van der Waals surface area contributed by atoms with Gasteiger partial charge in [0.05, 0.1) is 5.41 Å². The van der Waals surface area contributed by atoms with E-state index in [1.165, 1.54) is 0 Å². The third-order valence-corrected chi connectivity index (χ3v) is 3.20. The predicted molar refractivity (Wildman–Crippen MR) is 63.0 cm³/mol. The van der Waals surface area contributed by atoms with Gasteiger partial charge in [-0.25, -0.2) is 0 Å². The van der Waals surface area contributed by atoms with Crippen LogP contribution in [0, 0.1) is 11.3 Å². The maximum atomic E-state index is 10.9. The highest BCUT2D eigenvalue weighted by Crippen LogP contribution is 2.17. The highest BCUT2D eigenvalue weighted by molar-refractivity contribution is 5.73. The summed E-state index contributed by atoms with van der Waals surface area (Å²) in [4.78, 5) is 10.9. The number of carboxylic acids is 1. The van der Waals surface area contributed by atoms with Crippen LogP contribution in [0.15, 0.2) is 0 Å². The Bertz CT molecular complexity index is 198. The van der Waals surface area contributed by atoms with Gasteiger partial charge in [-0.3, -0.25) is 4.79 Å². The first kappa shape index (κ1) is 14.4.